The third-order valence-electron chi connectivity index (χ3n) is 2.64. The number of ether oxygens (including phenoxy) is 1. The van der Waals surface area contributed by atoms with Gasteiger partial charge < -0.3 is 10.5 Å². The van der Waals surface area contributed by atoms with Crippen LogP contribution in [0.3, 0.4) is 0 Å². The van der Waals surface area contributed by atoms with Crippen molar-refractivity contribution in [2.24, 2.45) is 5.73 Å². The lowest BCUT2D eigenvalue weighted by atomic mass is 10.2. The summed E-state index contributed by atoms with van der Waals surface area (Å²) >= 11 is 11.9. The van der Waals surface area contributed by atoms with E-state index in [4.69, 9.17) is 33.7 Å². The van der Waals surface area contributed by atoms with Gasteiger partial charge in [0.2, 0.25) is 0 Å². The molecule has 0 aliphatic rings. The number of rotatable bonds is 4. The second kappa shape index (κ2) is 6.24. The molecule has 2 rings (SSSR count). The average molecular weight is 300 g/mol. The fourth-order valence-corrected chi connectivity index (χ4v) is 2.28. The molecule has 2 nitrogen and oxygen atoms in total. The molecule has 0 spiro atoms. The summed E-state index contributed by atoms with van der Waals surface area (Å²) in [6.45, 7) is 0.327. The first-order valence-corrected chi connectivity index (χ1v) is 6.41. The van der Waals surface area contributed by atoms with Crippen LogP contribution < -0.4 is 10.5 Å². The molecule has 0 amide bonds. The van der Waals surface area contributed by atoms with E-state index in [0.29, 0.717) is 26.9 Å². The Hall–Kier alpha value is -1.29. The molecule has 0 saturated heterocycles. The van der Waals surface area contributed by atoms with E-state index in [1.54, 1.807) is 30.3 Å². The van der Waals surface area contributed by atoms with Crippen molar-refractivity contribution in [2.45, 2.75) is 13.2 Å². The molecule has 2 aromatic carbocycles. The molecule has 0 unspecified atom stereocenters. The SMILES string of the molecule is NCc1cc(Cl)cc(Cl)c1OCc1ccccc1F. The lowest BCUT2D eigenvalue weighted by Gasteiger charge is -2.13. The molecule has 0 heterocycles. The van der Waals surface area contributed by atoms with E-state index < -0.39 is 0 Å². The lowest BCUT2D eigenvalue weighted by Crippen LogP contribution is -2.04. The first kappa shape index (κ1) is 14.1. The van der Waals surface area contributed by atoms with Crippen molar-refractivity contribution >= 4 is 23.2 Å². The Morgan fingerprint density at radius 2 is 1.84 bits per heavy atom. The van der Waals surface area contributed by atoms with Crippen LogP contribution in [0.15, 0.2) is 36.4 Å². The number of hydrogen-bond donors (Lipinski definition) is 1. The van der Waals surface area contributed by atoms with Gasteiger partial charge in [0.15, 0.2) is 0 Å². The molecule has 0 radical (unpaired) electrons. The minimum Gasteiger partial charge on any atom is -0.487 e. The van der Waals surface area contributed by atoms with Crippen LogP contribution in [0.1, 0.15) is 11.1 Å². The van der Waals surface area contributed by atoms with Crippen molar-refractivity contribution < 1.29 is 9.13 Å². The van der Waals surface area contributed by atoms with E-state index in [-0.39, 0.29) is 19.0 Å². The molecule has 0 aliphatic carbocycles. The quantitative estimate of drug-likeness (QED) is 0.919. The third kappa shape index (κ3) is 3.38. The molecule has 0 atom stereocenters. The second-order valence-electron chi connectivity index (χ2n) is 3.96. The Labute approximate surface area is 120 Å². The summed E-state index contributed by atoms with van der Waals surface area (Å²) in [6, 6.07) is 9.66. The largest absolute Gasteiger partial charge is 0.487 e. The molecule has 0 bridgehead atoms. The number of nitrogens with two attached hydrogens (primary N) is 1. The molecule has 2 N–H and O–H groups in total. The van der Waals surface area contributed by atoms with Gasteiger partial charge in [-0.3, -0.25) is 0 Å². The lowest BCUT2D eigenvalue weighted by molar-refractivity contribution is 0.297. The maximum atomic E-state index is 13.5. The van der Waals surface area contributed by atoms with Crippen molar-refractivity contribution in [3.05, 3.63) is 63.4 Å². The number of halogens is 3. The fraction of sp³-hybridized carbons (Fsp3) is 0.143. The summed E-state index contributed by atoms with van der Waals surface area (Å²) in [5.74, 6) is 0.124. The van der Waals surface area contributed by atoms with Gasteiger partial charge in [0.05, 0.1) is 5.02 Å². The van der Waals surface area contributed by atoms with Crippen molar-refractivity contribution in [3.63, 3.8) is 0 Å². The molecule has 0 fully saturated rings. The number of benzene rings is 2. The zero-order valence-electron chi connectivity index (χ0n) is 10.00. The predicted octanol–water partition coefficient (Wildman–Crippen LogP) is 4.17. The highest BCUT2D eigenvalue weighted by Gasteiger charge is 2.11. The molecular formula is C14H12Cl2FNO. The Morgan fingerprint density at radius 1 is 1.11 bits per heavy atom. The molecular weight excluding hydrogens is 288 g/mol. The zero-order valence-corrected chi connectivity index (χ0v) is 11.5. The highest BCUT2D eigenvalue weighted by molar-refractivity contribution is 6.35. The van der Waals surface area contributed by atoms with Gasteiger partial charge in [0, 0.05) is 22.7 Å². The monoisotopic (exact) mass is 299 g/mol. The second-order valence-corrected chi connectivity index (χ2v) is 4.80. The van der Waals surface area contributed by atoms with E-state index in [2.05, 4.69) is 0 Å². The van der Waals surface area contributed by atoms with Crippen LogP contribution in [0.4, 0.5) is 4.39 Å². The van der Waals surface area contributed by atoms with E-state index in [0.717, 1.165) is 0 Å². The topological polar surface area (TPSA) is 35.2 Å². The van der Waals surface area contributed by atoms with Crippen molar-refractivity contribution in [1.82, 2.24) is 0 Å². The van der Waals surface area contributed by atoms with Crippen molar-refractivity contribution in [3.8, 4) is 5.75 Å². The Morgan fingerprint density at radius 3 is 2.53 bits per heavy atom. The van der Waals surface area contributed by atoms with Crippen LogP contribution >= 0.6 is 23.2 Å². The van der Waals surface area contributed by atoms with E-state index in [1.807, 2.05) is 0 Å². The molecule has 0 saturated carbocycles. The van der Waals surface area contributed by atoms with Crippen molar-refractivity contribution in [2.75, 3.05) is 0 Å². The molecule has 0 aliphatic heterocycles. The van der Waals surface area contributed by atoms with Crippen LogP contribution in [0.5, 0.6) is 5.75 Å². The Bertz CT molecular complexity index is 590. The summed E-state index contributed by atoms with van der Waals surface area (Å²) in [7, 11) is 0. The smallest absolute Gasteiger partial charge is 0.142 e. The first-order chi connectivity index (χ1) is 9.11. The summed E-state index contributed by atoms with van der Waals surface area (Å²) < 4.78 is 19.1. The summed E-state index contributed by atoms with van der Waals surface area (Å²) in [6.07, 6.45) is 0. The van der Waals surface area contributed by atoms with E-state index in [1.165, 1.54) is 6.07 Å². The van der Waals surface area contributed by atoms with Crippen LogP contribution in [0, 0.1) is 5.82 Å². The van der Waals surface area contributed by atoms with Gasteiger partial charge in [-0.25, -0.2) is 4.39 Å². The third-order valence-corrected chi connectivity index (χ3v) is 3.13. The minimum atomic E-state index is -0.318. The maximum Gasteiger partial charge on any atom is 0.142 e. The summed E-state index contributed by atoms with van der Waals surface area (Å²) in [5, 5.41) is 0.855. The van der Waals surface area contributed by atoms with Gasteiger partial charge >= 0.3 is 0 Å². The Balaban J connectivity index is 2.22. The van der Waals surface area contributed by atoms with Gasteiger partial charge in [-0.1, -0.05) is 41.4 Å². The fourth-order valence-electron chi connectivity index (χ4n) is 1.69. The maximum absolute atomic E-state index is 13.5. The van der Waals surface area contributed by atoms with Gasteiger partial charge in [-0.2, -0.15) is 0 Å². The van der Waals surface area contributed by atoms with Crippen LogP contribution in [0.25, 0.3) is 0 Å². The van der Waals surface area contributed by atoms with Gasteiger partial charge in [0.25, 0.3) is 0 Å². The van der Waals surface area contributed by atoms with E-state index in [9.17, 15) is 4.39 Å². The van der Waals surface area contributed by atoms with Gasteiger partial charge in [0.1, 0.15) is 18.2 Å². The summed E-state index contributed by atoms with van der Waals surface area (Å²) in [4.78, 5) is 0. The molecule has 100 valence electrons. The number of hydrogen-bond acceptors (Lipinski definition) is 2. The molecule has 5 heteroatoms. The molecule has 19 heavy (non-hydrogen) atoms. The normalized spacial score (nSPS) is 10.5. The average Bonchev–Trinajstić information content (AvgIpc) is 2.38. The highest BCUT2D eigenvalue weighted by Crippen LogP contribution is 2.32. The highest BCUT2D eigenvalue weighted by atomic mass is 35.5. The van der Waals surface area contributed by atoms with Crippen LogP contribution in [-0.4, -0.2) is 0 Å². The van der Waals surface area contributed by atoms with Gasteiger partial charge in [-0.05, 0) is 18.2 Å². The molecule has 0 aromatic heterocycles. The summed E-state index contributed by atoms with van der Waals surface area (Å²) in [5.41, 5.74) is 6.76. The van der Waals surface area contributed by atoms with Gasteiger partial charge in [-0.15, -0.1) is 0 Å². The van der Waals surface area contributed by atoms with Crippen LogP contribution in [0.2, 0.25) is 10.0 Å². The Kier molecular flexibility index (Phi) is 4.64. The van der Waals surface area contributed by atoms with E-state index >= 15 is 0 Å². The zero-order chi connectivity index (χ0) is 13.8. The van der Waals surface area contributed by atoms with Crippen molar-refractivity contribution in [1.29, 1.82) is 0 Å². The predicted molar refractivity (Wildman–Crippen MR) is 75.1 cm³/mol. The van der Waals surface area contributed by atoms with Crippen LogP contribution in [-0.2, 0) is 13.2 Å². The first-order valence-electron chi connectivity index (χ1n) is 5.66. The molecule has 2 aromatic rings. The minimum absolute atomic E-state index is 0.0844. The standard InChI is InChI=1S/C14H12Cl2FNO/c15-11-5-10(7-18)14(12(16)6-11)19-8-9-3-1-2-4-13(9)17/h1-6H,7-8,18H2.